The van der Waals surface area contributed by atoms with Crippen LogP contribution in [-0.4, -0.2) is 18.4 Å². The molecular weight excluding hydrogens is 423 g/mol. The summed E-state index contributed by atoms with van der Waals surface area (Å²) in [6, 6.07) is 4.75. The average molecular weight is 457 g/mol. The summed E-state index contributed by atoms with van der Waals surface area (Å²) in [5, 5.41) is 4.75. The normalized spacial score (nSPS) is 21.2. The van der Waals surface area contributed by atoms with E-state index in [-0.39, 0.29) is 0 Å². The van der Waals surface area contributed by atoms with Crippen molar-refractivity contribution in [2.75, 3.05) is 0 Å². The van der Waals surface area contributed by atoms with Crippen LogP contribution in [-0.2, 0) is 2.76 Å². The van der Waals surface area contributed by atoms with E-state index in [1.807, 2.05) is 11.3 Å². The first-order valence-electron chi connectivity index (χ1n) is 9.61. The quantitative estimate of drug-likeness (QED) is 0.304. The number of unbranched alkanes of at least 4 members (excludes halogenated alkanes) is 3. The molecule has 1 aliphatic heterocycles. The topological polar surface area (TPSA) is 0 Å². The fraction of sp³-hybridized carbons (Fsp3) is 0.700. The Hall–Kier alpha value is 0.589. The Bertz CT molecular complexity index is 434. The minimum absolute atomic E-state index is 0.516. The van der Waals surface area contributed by atoms with Crippen LogP contribution in [0, 0.1) is 0 Å². The minimum atomic E-state index is -2.31. The zero-order valence-corrected chi connectivity index (χ0v) is 19.8. The van der Waals surface area contributed by atoms with Gasteiger partial charge in [-0.15, -0.1) is 0 Å². The number of thiophene rings is 1. The number of allylic oxidation sites excluding steroid dienone is 1. The second-order valence-electron chi connectivity index (χ2n) is 7.09. The van der Waals surface area contributed by atoms with E-state index in [0.717, 1.165) is 0 Å². The van der Waals surface area contributed by atoms with Crippen molar-refractivity contribution in [1.29, 1.82) is 0 Å². The van der Waals surface area contributed by atoms with Crippen molar-refractivity contribution in [2.24, 2.45) is 0 Å². The van der Waals surface area contributed by atoms with Crippen molar-refractivity contribution in [3.8, 4) is 0 Å². The molecule has 0 amide bonds. The van der Waals surface area contributed by atoms with Crippen molar-refractivity contribution in [2.45, 2.75) is 81.8 Å². The molecular formula is C20H34S2Sn. The van der Waals surface area contributed by atoms with E-state index in [1.54, 1.807) is 18.2 Å². The van der Waals surface area contributed by atoms with E-state index in [2.05, 4.69) is 61.5 Å². The molecule has 0 spiro atoms. The van der Waals surface area contributed by atoms with Crippen molar-refractivity contribution in [3.63, 3.8) is 0 Å². The number of hydrogen-bond donors (Lipinski definition) is 0. The summed E-state index contributed by atoms with van der Waals surface area (Å²) in [5.74, 6) is 0. The van der Waals surface area contributed by atoms with E-state index < -0.39 is 18.4 Å². The predicted molar refractivity (Wildman–Crippen MR) is 112 cm³/mol. The van der Waals surface area contributed by atoms with E-state index in [0.29, 0.717) is 2.76 Å². The zero-order valence-electron chi connectivity index (χ0n) is 15.3. The number of thioether (sulfide) groups is 1. The van der Waals surface area contributed by atoms with Gasteiger partial charge in [0, 0.05) is 0 Å². The van der Waals surface area contributed by atoms with E-state index in [9.17, 15) is 0 Å². The monoisotopic (exact) mass is 458 g/mol. The first-order valence-corrected chi connectivity index (χ1v) is 18.9. The van der Waals surface area contributed by atoms with Crippen LogP contribution < -0.4 is 0 Å². The Morgan fingerprint density at radius 1 is 1.00 bits per heavy atom. The molecule has 1 unspecified atom stereocenters. The van der Waals surface area contributed by atoms with Crippen molar-refractivity contribution in [1.82, 2.24) is 0 Å². The molecule has 1 aromatic heterocycles. The summed E-state index contributed by atoms with van der Waals surface area (Å²) in [6.07, 6.45) is 12.3. The molecule has 0 aliphatic carbocycles. The third kappa shape index (κ3) is 4.41. The molecule has 1 aromatic rings. The van der Waals surface area contributed by atoms with Gasteiger partial charge in [0.2, 0.25) is 0 Å². The molecule has 130 valence electrons. The van der Waals surface area contributed by atoms with Gasteiger partial charge in [-0.1, -0.05) is 0 Å². The van der Waals surface area contributed by atoms with Gasteiger partial charge in [0.05, 0.1) is 0 Å². The number of hydrogen-bond acceptors (Lipinski definition) is 2. The Morgan fingerprint density at radius 3 is 2.00 bits per heavy atom. The van der Waals surface area contributed by atoms with E-state index in [1.165, 1.54) is 44.9 Å². The molecule has 2 rings (SSSR count). The third-order valence-corrected chi connectivity index (χ3v) is 29.7. The zero-order chi connectivity index (χ0) is 16.6. The van der Waals surface area contributed by atoms with E-state index >= 15 is 0 Å². The van der Waals surface area contributed by atoms with Crippen LogP contribution >= 0.6 is 23.1 Å². The summed E-state index contributed by atoms with van der Waals surface area (Å²) in [6.45, 7) is 7.15. The Balaban J connectivity index is 2.41. The van der Waals surface area contributed by atoms with Crippen LogP contribution in [0.5, 0.6) is 0 Å². The first kappa shape index (κ1) is 19.9. The maximum absolute atomic E-state index is 2.49. The second kappa shape index (κ2) is 9.91. The molecule has 0 fully saturated rings. The van der Waals surface area contributed by atoms with Gasteiger partial charge >= 0.3 is 157 Å². The summed E-state index contributed by atoms with van der Waals surface area (Å²) >= 11 is 1.96. The molecule has 0 saturated carbocycles. The molecule has 3 heteroatoms. The molecule has 0 aromatic carbocycles. The van der Waals surface area contributed by atoms with Crippen LogP contribution in [0.3, 0.4) is 0 Å². The van der Waals surface area contributed by atoms with Crippen molar-refractivity contribution in [3.05, 3.63) is 33.9 Å². The molecule has 0 radical (unpaired) electrons. The summed E-state index contributed by atoms with van der Waals surface area (Å²) < 4.78 is 5.34. The van der Waals surface area contributed by atoms with Crippen LogP contribution in [0.2, 0.25) is 13.3 Å². The van der Waals surface area contributed by atoms with Crippen LogP contribution in [0.1, 0.15) is 70.6 Å². The van der Waals surface area contributed by atoms with Gasteiger partial charge < -0.3 is 0 Å². The standard InChI is InChI=1S/C8H7S2.3C4H9.Sn/c1-3-7(9-5-1)8-4-2-6-10-8;3*1-3-4-2;/h1-3,5-6H,4H2;3*1,3-4H2,2H3;. The summed E-state index contributed by atoms with van der Waals surface area (Å²) in [5.41, 5.74) is 0. The van der Waals surface area contributed by atoms with Crippen molar-refractivity contribution >= 4 is 41.5 Å². The third-order valence-electron chi connectivity index (χ3n) is 5.57. The predicted octanol–water partition coefficient (Wildman–Crippen LogP) is 7.98. The second-order valence-corrected chi connectivity index (χ2v) is 24.3. The Kier molecular flexibility index (Phi) is 8.58. The average Bonchev–Trinajstić information content (AvgIpc) is 3.26. The van der Waals surface area contributed by atoms with Gasteiger partial charge in [0.1, 0.15) is 0 Å². The summed E-state index contributed by atoms with van der Waals surface area (Å²) in [7, 11) is 0. The van der Waals surface area contributed by atoms with Gasteiger partial charge in [-0.2, -0.15) is 0 Å². The fourth-order valence-corrected chi connectivity index (χ4v) is 30.8. The summed E-state index contributed by atoms with van der Waals surface area (Å²) in [4.78, 5) is 1.71. The molecule has 0 saturated heterocycles. The van der Waals surface area contributed by atoms with E-state index in [4.69, 9.17) is 0 Å². The molecule has 0 N–H and O–H groups in total. The van der Waals surface area contributed by atoms with Crippen LogP contribution in [0.25, 0.3) is 0 Å². The van der Waals surface area contributed by atoms with Gasteiger partial charge in [-0.3, -0.25) is 0 Å². The fourth-order valence-electron chi connectivity index (χ4n) is 4.22. The molecule has 23 heavy (non-hydrogen) atoms. The molecule has 2 heterocycles. The van der Waals surface area contributed by atoms with Crippen LogP contribution in [0.4, 0.5) is 0 Å². The van der Waals surface area contributed by atoms with Crippen molar-refractivity contribution < 1.29 is 0 Å². The first-order chi connectivity index (χ1) is 11.2. The van der Waals surface area contributed by atoms with Gasteiger partial charge in [-0.25, -0.2) is 0 Å². The molecule has 0 nitrogen and oxygen atoms in total. The van der Waals surface area contributed by atoms with Gasteiger partial charge in [0.25, 0.3) is 0 Å². The SMILES string of the molecule is CCC[CH2][Sn]([CH2]CCC)([CH2]CCC)[C]1(c2cccs2)CC=CS1. The van der Waals surface area contributed by atoms with Gasteiger partial charge in [0.15, 0.2) is 0 Å². The Labute approximate surface area is 156 Å². The molecule has 1 atom stereocenters. The number of rotatable bonds is 11. The molecule has 0 bridgehead atoms. The van der Waals surface area contributed by atoms with Gasteiger partial charge in [-0.05, 0) is 0 Å². The maximum atomic E-state index is 2.49. The Morgan fingerprint density at radius 2 is 1.61 bits per heavy atom. The van der Waals surface area contributed by atoms with Crippen LogP contribution in [0.15, 0.2) is 29.0 Å². The molecule has 1 aliphatic rings.